The number of anilines is 2. The Hall–Kier alpha value is -2.86. The first-order valence-corrected chi connectivity index (χ1v) is 8.17. The molecule has 0 saturated heterocycles. The second-order valence-electron chi connectivity index (χ2n) is 5.51. The number of halogens is 1. The zero-order chi connectivity index (χ0) is 17.6. The van der Waals surface area contributed by atoms with Gasteiger partial charge in [-0.05, 0) is 43.2 Å². The molecule has 3 aromatic rings. The van der Waals surface area contributed by atoms with E-state index in [-0.39, 0.29) is 5.91 Å². The van der Waals surface area contributed by atoms with Crippen LogP contribution in [0.1, 0.15) is 21.8 Å². The van der Waals surface area contributed by atoms with Crippen molar-refractivity contribution in [1.29, 1.82) is 0 Å². The van der Waals surface area contributed by atoms with Gasteiger partial charge in [0.1, 0.15) is 11.5 Å². The van der Waals surface area contributed by atoms with Crippen molar-refractivity contribution < 1.29 is 9.32 Å². The third kappa shape index (κ3) is 4.81. The smallest absolute Gasteiger partial charge is 0.269 e. The highest BCUT2D eigenvalue weighted by atomic mass is 35.5. The molecule has 0 saturated carbocycles. The maximum atomic E-state index is 12.2. The topological polar surface area (TPSA) is 80.0 Å². The second-order valence-corrected chi connectivity index (χ2v) is 5.95. The van der Waals surface area contributed by atoms with E-state index in [4.69, 9.17) is 16.1 Å². The molecule has 7 heteroatoms. The lowest BCUT2D eigenvalue weighted by Crippen LogP contribution is -2.26. The van der Waals surface area contributed by atoms with Crippen molar-refractivity contribution in [1.82, 2.24) is 15.5 Å². The van der Waals surface area contributed by atoms with E-state index in [9.17, 15) is 4.79 Å². The van der Waals surface area contributed by atoms with Crippen LogP contribution in [0.25, 0.3) is 0 Å². The van der Waals surface area contributed by atoms with Gasteiger partial charge in [0.25, 0.3) is 5.91 Å². The van der Waals surface area contributed by atoms with Crippen molar-refractivity contribution in [3.05, 3.63) is 70.7 Å². The number of pyridine rings is 1. The molecule has 1 amide bonds. The van der Waals surface area contributed by atoms with E-state index in [1.54, 1.807) is 24.4 Å². The van der Waals surface area contributed by atoms with E-state index in [0.29, 0.717) is 40.9 Å². The monoisotopic (exact) mass is 356 g/mol. The van der Waals surface area contributed by atoms with E-state index in [1.165, 1.54) is 0 Å². The number of amides is 1. The molecule has 0 unspecified atom stereocenters. The summed E-state index contributed by atoms with van der Waals surface area (Å²) in [5, 5.41) is 10.5. The summed E-state index contributed by atoms with van der Waals surface area (Å²) in [7, 11) is 0. The van der Waals surface area contributed by atoms with Crippen molar-refractivity contribution >= 4 is 29.0 Å². The molecule has 2 heterocycles. The Kier molecular flexibility index (Phi) is 5.30. The molecule has 6 nitrogen and oxygen atoms in total. The van der Waals surface area contributed by atoms with E-state index in [0.717, 1.165) is 5.56 Å². The van der Waals surface area contributed by atoms with Crippen LogP contribution < -0.4 is 10.6 Å². The van der Waals surface area contributed by atoms with Crippen LogP contribution in [0.5, 0.6) is 0 Å². The van der Waals surface area contributed by atoms with Crippen molar-refractivity contribution in [2.45, 2.75) is 13.3 Å². The molecule has 0 aliphatic heterocycles. The first-order valence-electron chi connectivity index (χ1n) is 7.79. The zero-order valence-corrected chi connectivity index (χ0v) is 14.4. The van der Waals surface area contributed by atoms with Gasteiger partial charge in [0.05, 0.1) is 0 Å². The van der Waals surface area contributed by atoms with Crippen LogP contribution in [0, 0.1) is 6.92 Å². The summed E-state index contributed by atoms with van der Waals surface area (Å²) in [5.41, 5.74) is 2.11. The van der Waals surface area contributed by atoms with Crippen molar-refractivity contribution in [2.75, 3.05) is 11.9 Å². The fraction of sp³-hybridized carbons (Fsp3) is 0.167. The van der Waals surface area contributed by atoms with Crippen LogP contribution in [0.15, 0.2) is 53.2 Å². The van der Waals surface area contributed by atoms with E-state index in [1.807, 2.05) is 31.2 Å². The Bertz CT molecular complexity index is 879. The van der Waals surface area contributed by atoms with Gasteiger partial charge in [0.2, 0.25) is 0 Å². The summed E-state index contributed by atoms with van der Waals surface area (Å²) in [6.07, 6.45) is 2.27. The molecule has 2 aromatic heterocycles. The van der Waals surface area contributed by atoms with Crippen LogP contribution in [0.3, 0.4) is 0 Å². The molecule has 0 aliphatic carbocycles. The fourth-order valence-corrected chi connectivity index (χ4v) is 2.52. The first kappa shape index (κ1) is 17.0. The fourth-order valence-electron chi connectivity index (χ4n) is 2.31. The predicted octanol–water partition coefficient (Wildman–Crippen LogP) is 3.75. The van der Waals surface area contributed by atoms with Gasteiger partial charge in [0, 0.05) is 29.5 Å². The zero-order valence-electron chi connectivity index (χ0n) is 13.6. The largest absolute Gasteiger partial charge is 0.360 e. The molecule has 0 fully saturated rings. The van der Waals surface area contributed by atoms with Gasteiger partial charge in [0.15, 0.2) is 5.82 Å². The highest BCUT2D eigenvalue weighted by Gasteiger charge is 2.09. The summed E-state index contributed by atoms with van der Waals surface area (Å²) in [6.45, 7) is 2.31. The molecule has 0 spiro atoms. The average Bonchev–Trinajstić information content (AvgIpc) is 3.00. The number of aryl methyl sites for hydroxylation is 1. The van der Waals surface area contributed by atoms with Crippen LogP contribution in [-0.2, 0) is 6.42 Å². The maximum absolute atomic E-state index is 12.2. The molecule has 25 heavy (non-hydrogen) atoms. The second kappa shape index (κ2) is 7.81. The van der Waals surface area contributed by atoms with E-state index >= 15 is 0 Å². The number of carbonyl (C=O) groups is 1. The number of rotatable bonds is 6. The Balaban J connectivity index is 1.57. The third-order valence-corrected chi connectivity index (χ3v) is 3.72. The molecule has 0 bridgehead atoms. The summed E-state index contributed by atoms with van der Waals surface area (Å²) in [5.74, 6) is 1.05. The molecule has 1 aromatic carbocycles. The number of hydrogen-bond acceptors (Lipinski definition) is 5. The molecule has 2 N–H and O–H groups in total. The number of nitrogens with zero attached hydrogens (tertiary/aromatic N) is 2. The van der Waals surface area contributed by atoms with Gasteiger partial charge in [-0.3, -0.25) is 9.78 Å². The minimum Gasteiger partial charge on any atom is -0.360 e. The highest BCUT2D eigenvalue weighted by molar-refractivity contribution is 6.30. The standard InChI is InChI=1S/C18H17ClN4O2/c1-12-9-17(23-25-12)22-15-6-8-20-16(11-15)18(24)21-7-5-13-3-2-4-14(19)10-13/h2-4,6,8-11H,5,7H2,1H3,(H,21,24)(H,20,22,23). The summed E-state index contributed by atoms with van der Waals surface area (Å²) in [6, 6.07) is 12.8. The molecule has 3 rings (SSSR count). The number of hydrogen-bond donors (Lipinski definition) is 2. The van der Waals surface area contributed by atoms with Gasteiger partial charge in [-0.2, -0.15) is 0 Å². The van der Waals surface area contributed by atoms with Crippen molar-refractivity contribution in [2.24, 2.45) is 0 Å². The first-order chi connectivity index (χ1) is 12.1. The van der Waals surface area contributed by atoms with Gasteiger partial charge < -0.3 is 15.2 Å². The SMILES string of the molecule is Cc1cc(Nc2ccnc(C(=O)NCCc3cccc(Cl)c3)c2)no1. The van der Waals surface area contributed by atoms with E-state index in [2.05, 4.69) is 20.8 Å². The Morgan fingerprint density at radius 3 is 2.88 bits per heavy atom. The number of carbonyl (C=O) groups excluding carboxylic acids is 1. The third-order valence-electron chi connectivity index (χ3n) is 3.48. The normalized spacial score (nSPS) is 10.5. The number of aromatic nitrogens is 2. The molecule has 0 atom stereocenters. The van der Waals surface area contributed by atoms with Crippen molar-refractivity contribution in [3.8, 4) is 0 Å². The van der Waals surface area contributed by atoms with Gasteiger partial charge >= 0.3 is 0 Å². The molecule has 0 aliphatic rings. The highest BCUT2D eigenvalue weighted by Crippen LogP contribution is 2.16. The average molecular weight is 357 g/mol. The summed E-state index contributed by atoms with van der Waals surface area (Å²) >= 11 is 5.95. The van der Waals surface area contributed by atoms with Gasteiger partial charge in [-0.15, -0.1) is 0 Å². The number of nitrogens with one attached hydrogen (secondary N) is 2. The van der Waals surface area contributed by atoms with Crippen LogP contribution in [0.2, 0.25) is 5.02 Å². The quantitative estimate of drug-likeness (QED) is 0.703. The lowest BCUT2D eigenvalue weighted by atomic mass is 10.1. The van der Waals surface area contributed by atoms with Crippen molar-refractivity contribution in [3.63, 3.8) is 0 Å². The summed E-state index contributed by atoms with van der Waals surface area (Å²) in [4.78, 5) is 16.4. The van der Waals surface area contributed by atoms with E-state index < -0.39 is 0 Å². The molecule has 0 radical (unpaired) electrons. The van der Waals surface area contributed by atoms with Crippen LogP contribution in [-0.4, -0.2) is 22.6 Å². The van der Waals surface area contributed by atoms with Gasteiger partial charge in [-0.1, -0.05) is 28.9 Å². The maximum Gasteiger partial charge on any atom is 0.269 e. The molecular formula is C18H17ClN4O2. The molecular weight excluding hydrogens is 340 g/mol. The number of benzene rings is 1. The summed E-state index contributed by atoms with van der Waals surface area (Å²) < 4.78 is 5.00. The van der Waals surface area contributed by atoms with Crippen LogP contribution >= 0.6 is 11.6 Å². The van der Waals surface area contributed by atoms with Gasteiger partial charge in [-0.25, -0.2) is 0 Å². The predicted molar refractivity (Wildman–Crippen MR) is 96.2 cm³/mol. The molecule has 128 valence electrons. The lowest BCUT2D eigenvalue weighted by molar-refractivity contribution is 0.0949. The Morgan fingerprint density at radius 1 is 1.24 bits per heavy atom. The Morgan fingerprint density at radius 2 is 2.12 bits per heavy atom. The minimum atomic E-state index is -0.234. The van der Waals surface area contributed by atoms with Crippen LogP contribution in [0.4, 0.5) is 11.5 Å². The lowest BCUT2D eigenvalue weighted by Gasteiger charge is -2.07. The Labute approximate surface area is 150 Å². The minimum absolute atomic E-state index is 0.234.